The lowest BCUT2D eigenvalue weighted by atomic mass is 9.96. The zero-order valence-electron chi connectivity index (χ0n) is 18.0. The summed E-state index contributed by atoms with van der Waals surface area (Å²) in [6.07, 6.45) is 7.26. The fourth-order valence-electron chi connectivity index (χ4n) is 4.19. The molecule has 30 heavy (non-hydrogen) atoms. The Morgan fingerprint density at radius 2 is 1.73 bits per heavy atom. The molecule has 2 heterocycles. The van der Waals surface area contributed by atoms with Crippen LogP contribution in [0.5, 0.6) is 0 Å². The van der Waals surface area contributed by atoms with E-state index in [1.807, 2.05) is 30.3 Å². The summed E-state index contributed by atoms with van der Waals surface area (Å²) in [4.78, 5) is 15.2. The van der Waals surface area contributed by atoms with Gasteiger partial charge >= 0.3 is 0 Å². The molecule has 2 aliphatic heterocycles. The van der Waals surface area contributed by atoms with Gasteiger partial charge in [-0.25, -0.2) is 8.42 Å². The molecule has 0 unspecified atom stereocenters. The van der Waals surface area contributed by atoms with Gasteiger partial charge in [-0.2, -0.15) is 4.31 Å². The van der Waals surface area contributed by atoms with Gasteiger partial charge in [0.2, 0.25) is 15.9 Å². The van der Waals surface area contributed by atoms with Gasteiger partial charge in [-0.3, -0.25) is 4.79 Å². The number of unbranched alkanes of at least 4 members (excludes halogenated alkanes) is 1. The van der Waals surface area contributed by atoms with Gasteiger partial charge in [-0.15, -0.1) is 0 Å². The molecule has 166 valence electrons. The molecule has 1 aromatic rings. The van der Waals surface area contributed by atoms with Gasteiger partial charge in [-0.1, -0.05) is 43.7 Å². The Labute approximate surface area is 181 Å². The van der Waals surface area contributed by atoms with E-state index >= 15 is 0 Å². The molecular formula is C23H35N3O3S. The highest BCUT2D eigenvalue weighted by molar-refractivity contribution is 7.92. The van der Waals surface area contributed by atoms with Gasteiger partial charge in [0.1, 0.15) is 0 Å². The van der Waals surface area contributed by atoms with Crippen LogP contribution in [0.4, 0.5) is 0 Å². The van der Waals surface area contributed by atoms with E-state index in [0.717, 1.165) is 38.0 Å². The van der Waals surface area contributed by atoms with E-state index in [4.69, 9.17) is 0 Å². The standard InChI is InChI=1S/C23H35N3O3S/c1-2-3-14-25-15-11-22(12-16-25)24-23(27)21-9-17-26(18-10-21)30(28,29)19-13-20-7-5-4-6-8-20/h4-8,13,19,21-22H,2-3,9-12,14-18H2,1H3,(H,24,27)/b19-13+. The van der Waals surface area contributed by atoms with Crippen molar-refractivity contribution in [3.05, 3.63) is 41.3 Å². The SMILES string of the molecule is CCCCN1CCC(NC(=O)C2CCN(S(=O)(=O)/C=C/c3ccccc3)CC2)CC1. The Bertz CT molecular complexity index is 794. The van der Waals surface area contributed by atoms with Crippen LogP contribution in [-0.4, -0.2) is 62.3 Å². The van der Waals surface area contributed by atoms with Crippen LogP contribution in [0.1, 0.15) is 51.0 Å². The van der Waals surface area contributed by atoms with E-state index in [-0.39, 0.29) is 17.9 Å². The Balaban J connectivity index is 1.42. The molecule has 0 radical (unpaired) electrons. The van der Waals surface area contributed by atoms with Crippen molar-refractivity contribution < 1.29 is 13.2 Å². The van der Waals surface area contributed by atoms with Crippen molar-refractivity contribution in [2.45, 2.75) is 51.5 Å². The second-order valence-electron chi connectivity index (χ2n) is 8.41. The van der Waals surface area contributed by atoms with Gasteiger partial charge in [0, 0.05) is 43.5 Å². The zero-order chi connectivity index (χ0) is 21.4. The number of carbonyl (C=O) groups excluding carboxylic acids is 1. The van der Waals surface area contributed by atoms with E-state index < -0.39 is 10.0 Å². The fourth-order valence-corrected chi connectivity index (χ4v) is 5.41. The van der Waals surface area contributed by atoms with Crippen molar-refractivity contribution in [1.29, 1.82) is 0 Å². The molecule has 0 atom stereocenters. The third kappa shape index (κ3) is 6.65. The van der Waals surface area contributed by atoms with E-state index in [1.165, 1.54) is 22.6 Å². The molecule has 0 saturated carbocycles. The number of hydrogen-bond donors (Lipinski definition) is 1. The van der Waals surface area contributed by atoms with E-state index in [0.29, 0.717) is 25.9 Å². The lowest BCUT2D eigenvalue weighted by molar-refractivity contribution is -0.127. The summed E-state index contributed by atoms with van der Waals surface area (Å²) in [6, 6.07) is 9.66. The summed E-state index contributed by atoms with van der Waals surface area (Å²) in [5.41, 5.74) is 0.857. The molecule has 2 aliphatic rings. The Morgan fingerprint density at radius 3 is 2.37 bits per heavy atom. The summed E-state index contributed by atoms with van der Waals surface area (Å²) in [5, 5.41) is 4.49. The second-order valence-corrected chi connectivity index (χ2v) is 10.2. The van der Waals surface area contributed by atoms with Crippen LogP contribution in [-0.2, 0) is 14.8 Å². The van der Waals surface area contributed by atoms with Crippen LogP contribution in [0, 0.1) is 5.92 Å². The molecule has 1 N–H and O–H groups in total. The number of carbonyl (C=O) groups is 1. The first kappa shape index (κ1) is 23.0. The van der Waals surface area contributed by atoms with Crippen LogP contribution >= 0.6 is 0 Å². The van der Waals surface area contributed by atoms with Gasteiger partial charge in [0.15, 0.2) is 0 Å². The number of benzene rings is 1. The predicted molar refractivity (Wildman–Crippen MR) is 121 cm³/mol. The van der Waals surface area contributed by atoms with Crippen LogP contribution in [0.2, 0.25) is 0 Å². The maximum atomic E-state index is 12.7. The monoisotopic (exact) mass is 433 g/mol. The van der Waals surface area contributed by atoms with Gasteiger partial charge in [-0.05, 0) is 50.3 Å². The minimum atomic E-state index is -3.46. The molecule has 1 aromatic carbocycles. The number of nitrogens with zero attached hydrogens (tertiary/aromatic N) is 2. The maximum Gasteiger partial charge on any atom is 0.236 e. The number of rotatable bonds is 8. The average molecular weight is 434 g/mol. The van der Waals surface area contributed by atoms with E-state index in [1.54, 1.807) is 6.08 Å². The summed E-state index contributed by atoms with van der Waals surface area (Å²) < 4.78 is 26.7. The molecule has 0 aliphatic carbocycles. The van der Waals surface area contributed by atoms with Crippen molar-refractivity contribution >= 4 is 22.0 Å². The van der Waals surface area contributed by atoms with Crippen LogP contribution in [0.3, 0.4) is 0 Å². The average Bonchev–Trinajstić information content (AvgIpc) is 2.78. The summed E-state index contributed by atoms with van der Waals surface area (Å²) in [7, 11) is -3.46. The van der Waals surface area contributed by atoms with Gasteiger partial charge in [0.25, 0.3) is 0 Å². The molecule has 0 spiro atoms. The normalized spacial score (nSPS) is 20.6. The van der Waals surface area contributed by atoms with Crippen molar-refractivity contribution in [1.82, 2.24) is 14.5 Å². The van der Waals surface area contributed by atoms with Crippen molar-refractivity contribution in [2.24, 2.45) is 5.92 Å². The topological polar surface area (TPSA) is 69.7 Å². The summed E-state index contributed by atoms with van der Waals surface area (Å²) in [6.45, 7) is 6.26. The van der Waals surface area contributed by atoms with Gasteiger partial charge < -0.3 is 10.2 Å². The fraction of sp³-hybridized carbons (Fsp3) is 0.609. The smallest absolute Gasteiger partial charge is 0.236 e. The molecule has 6 nitrogen and oxygen atoms in total. The highest BCUT2D eigenvalue weighted by Gasteiger charge is 2.31. The molecule has 2 fully saturated rings. The molecular weight excluding hydrogens is 398 g/mol. The number of sulfonamides is 1. The van der Waals surface area contributed by atoms with Crippen LogP contribution < -0.4 is 5.32 Å². The zero-order valence-corrected chi connectivity index (χ0v) is 18.8. The van der Waals surface area contributed by atoms with E-state index in [2.05, 4.69) is 17.1 Å². The minimum Gasteiger partial charge on any atom is -0.353 e. The number of nitrogens with one attached hydrogen (secondary N) is 1. The number of amides is 1. The molecule has 7 heteroatoms. The molecule has 0 aromatic heterocycles. The van der Waals surface area contributed by atoms with Gasteiger partial charge in [0.05, 0.1) is 0 Å². The summed E-state index contributed by atoms with van der Waals surface area (Å²) in [5.74, 6) is 0.00607. The quantitative estimate of drug-likeness (QED) is 0.684. The van der Waals surface area contributed by atoms with Crippen LogP contribution in [0.25, 0.3) is 6.08 Å². The molecule has 0 bridgehead atoms. The molecule has 3 rings (SSSR count). The molecule has 2 saturated heterocycles. The first-order valence-electron chi connectivity index (χ1n) is 11.2. The number of piperidine rings is 2. The number of likely N-dealkylation sites (tertiary alicyclic amines) is 1. The first-order valence-corrected chi connectivity index (χ1v) is 12.7. The predicted octanol–water partition coefficient (Wildman–Crippen LogP) is 3.08. The first-order chi connectivity index (χ1) is 14.5. The lowest BCUT2D eigenvalue weighted by Gasteiger charge is -2.34. The molecule has 1 amide bonds. The maximum absolute atomic E-state index is 12.7. The van der Waals surface area contributed by atoms with Crippen LogP contribution in [0.15, 0.2) is 35.7 Å². The number of hydrogen-bond acceptors (Lipinski definition) is 4. The Hall–Kier alpha value is -1.70. The van der Waals surface area contributed by atoms with E-state index in [9.17, 15) is 13.2 Å². The lowest BCUT2D eigenvalue weighted by Crippen LogP contribution is -2.48. The van der Waals surface area contributed by atoms with Crippen molar-refractivity contribution in [2.75, 3.05) is 32.7 Å². The minimum absolute atomic E-state index is 0.0901. The largest absolute Gasteiger partial charge is 0.353 e. The Kier molecular flexibility index (Phi) is 8.48. The third-order valence-electron chi connectivity index (χ3n) is 6.18. The second kappa shape index (κ2) is 11.1. The Morgan fingerprint density at radius 1 is 1.07 bits per heavy atom. The third-order valence-corrected chi connectivity index (χ3v) is 7.74. The van der Waals surface area contributed by atoms with Crippen molar-refractivity contribution in [3.63, 3.8) is 0 Å². The highest BCUT2D eigenvalue weighted by atomic mass is 32.2. The van der Waals surface area contributed by atoms with Crippen molar-refractivity contribution in [3.8, 4) is 0 Å². The summed E-state index contributed by atoms with van der Waals surface area (Å²) >= 11 is 0. The highest BCUT2D eigenvalue weighted by Crippen LogP contribution is 2.22.